The molecule has 1 amide bonds. The van der Waals surface area contributed by atoms with Crippen LogP contribution in [0, 0.1) is 5.92 Å². The van der Waals surface area contributed by atoms with Crippen LogP contribution in [0.4, 0.5) is 0 Å². The van der Waals surface area contributed by atoms with E-state index in [2.05, 4.69) is 15.6 Å². The molecule has 1 aromatic carbocycles. The molecule has 1 aromatic heterocycles. The number of amides is 1. The molecule has 1 atom stereocenters. The van der Waals surface area contributed by atoms with Gasteiger partial charge in [0.25, 0.3) is 0 Å². The summed E-state index contributed by atoms with van der Waals surface area (Å²) in [5.41, 5.74) is 6.85. The molecule has 112 valence electrons. The van der Waals surface area contributed by atoms with E-state index >= 15 is 0 Å². The highest BCUT2D eigenvalue weighted by Crippen LogP contribution is 2.08. The number of rotatable bonds is 8. The zero-order chi connectivity index (χ0) is 14.9. The number of carbonyl (C=O) groups is 1. The molecule has 0 aliphatic rings. The highest BCUT2D eigenvalue weighted by molar-refractivity contribution is 5.79. The summed E-state index contributed by atoms with van der Waals surface area (Å²) in [5.74, 6) is -0.168. The summed E-state index contributed by atoms with van der Waals surface area (Å²) in [6.07, 6.45) is 4.94. The van der Waals surface area contributed by atoms with Crippen molar-refractivity contribution in [2.24, 2.45) is 11.7 Å². The summed E-state index contributed by atoms with van der Waals surface area (Å²) in [7, 11) is 0. The lowest BCUT2D eigenvalue weighted by Crippen LogP contribution is -2.37. The number of hydrogen-bond acceptors (Lipinski definition) is 4. The van der Waals surface area contributed by atoms with Crippen LogP contribution in [0.25, 0.3) is 0 Å². The second-order valence-corrected chi connectivity index (χ2v) is 4.93. The van der Waals surface area contributed by atoms with Crippen LogP contribution in [-0.4, -0.2) is 34.0 Å². The van der Waals surface area contributed by atoms with Gasteiger partial charge < -0.3 is 11.1 Å². The van der Waals surface area contributed by atoms with E-state index in [-0.39, 0.29) is 11.8 Å². The van der Waals surface area contributed by atoms with Crippen LogP contribution < -0.4 is 11.1 Å². The van der Waals surface area contributed by atoms with Gasteiger partial charge in [-0.25, -0.2) is 0 Å². The number of aryl methyl sites for hydroxylation is 1. The average molecular weight is 287 g/mol. The molecule has 0 radical (unpaired) electrons. The maximum Gasteiger partial charge on any atom is 0.224 e. The highest BCUT2D eigenvalue weighted by atomic mass is 16.1. The largest absolute Gasteiger partial charge is 0.356 e. The molecule has 1 unspecified atom stereocenters. The predicted molar refractivity (Wildman–Crippen MR) is 80.3 cm³/mol. The van der Waals surface area contributed by atoms with Crippen molar-refractivity contribution in [3.8, 4) is 0 Å². The summed E-state index contributed by atoms with van der Waals surface area (Å²) in [6.45, 7) is 1.71. The smallest absolute Gasteiger partial charge is 0.224 e. The van der Waals surface area contributed by atoms with Crippen molar-refractivity contribution >= 4 is 5.91 Å². The number of nitrogens with zero attached hydrogens (tertiary/aromatic N) is 3. The summed E-state index contributed by atoms with van der Waals surface area (Å²) in [5, 5.41) is 10.5. The maximum atomic E-state index is 12.1. The van der Waals surface area contributed by atoms with Gasteiger partial charge in [-0.1, -0.05) is 35.5 Å². The Bertz CT molecular complexity index is 526. The van der Waals surface area contributed by atoms with Gasteiger partial charge >= 0.3 is 0 Å². The first-order valence-electron chi connectivity index (χ1n) is 7.15. The summed E-state index contributed by atoms with van der Waals surface area (Å²) < 4.78 is 1.75. The molecule has 21 heavy (non-hydrogen) atoms. The van der Waals surface area contributed by atoms with Crippen LogP contribution in [-0.2, 0) is 17.8 Å². The van der Waals surface area contributed by atoms with E-state index in [9.17, 15) is 4.79 Å². The quantitative estimate of drug-likeness (QED) is 0.696. The zero-order valence-electron chi connectivity index (χ0n) is 12.0. The number of hydrogen-bond donors (Lipinski definition) is 2. The van der Waals surface area contributed by atoms with Crippen LogP contribution in [0.2, 0.25) is 0 Å². The van der Waals surface area contributed by atoms with Crippen molar-refractivity contribution in [2.75, 3.05) is 13.1 Å². The molecule has 2 aromatic rings. The van der Waals surface area contributed by atoms with Crippen molar-refractivity contribution in [3.05, 3.63) is 48.3 Å². The Labute approximate surface area is 124 Å². The van der Waals surface area contributed by atoms with Crippen LogP contribution in [0.5, 0.6) is 0 Å². The molecular weight excluding hydrogens is 266 g/mol. The van der Waals surface area contributed by atoms with Crippen molar-refractivity contribution in [2.45, 2.75) is 19.4 Å². The third-order valence-corrected chi connectivity index (χ3v) is 3.32. The molecule has 0 saturated carbocycles. The maximum absolute atomic E-state index is 12.1. The van der Waals surface area contributed by atoms with Gasteiger partial charge in [-0.3, -0.25) is 9.48 Å². The Kier molecular flexibility index (Phi) is 5.90. The van der Waals surface area contributed by atoms with Crippen LogP contribution in [0.1, 0.15) is 12.0 Å². The highest BCUT2D eigenvalue weighted by Gasteiger charge is 2.16. The molecule has 6 heteroatoms. The lowest BCUT2D eigenvalue weighted by atomic mass is 9.98. The molecule has 0 fully saturated rings. The monoisotopic (exact) mass is 287 g/mol. The van der Waals surface area contributed by atoms with E-state index in [1.54, 1.807) is 17.1 Å². The van der Waals surface area contributed by atoms with Gasteiger partial charge in [-0.2, -0.15) is 0 Å². The topological polar surface area (TPSA) is 85.8 Å². The van der Waals surface area contributed by atoms with E-state index < -0.39 is 0 Å². The minimum Gasteiger partial charge on any atom is -0.356 e. The molecule has 0 aliphatic carbocycles. The van der Waals surface area contributed by atoms with Gasteiger partial charge in [-0.05, 0) is 18.4 Å². The third-order valence-electron chi connectivity index (χ3n) is 3.32. The first-order valence-corrected chi connectivity index (χ1v) is 7.15. The molecule has 6 nitrogen and oxygen atoms in total. The Morgan fingerprint density at radius 1 is 1.33 bits per heavy atom. The Hall–Kier alpha value is -2.21. The number of nitrogens with two attached hydrogens (primary N) is 1. The van der Waals surface area contributed by atoms with Gasteiger partial charge in [0.1, 0.15) is 0 Å². The minimum absolute atomic E-state index is 0.0138. The number of aromatic nitrogens is 3. The van der Waals surface area contributed by atoms with E-state index in [0.29, 0.717) is 19.5 Å². The van der Waals surface area contributed by atoms with Gasteiger partial charge in [-0.15, -0.1) is 5.10 Å². The van der Waals surface area contributed by atoms with Crippen molar-refractivity contribution in [3.63, 3.8) is 0 Å². The lowest BCUT2D eigenvalue weighted by Gasteiger charge is -2.15. The zero-order valence-corrected chi connectivity index (χ0v) is 12.0. The fraction of sp³-hybridized carbons (Fsp3) is 0.400. The second kappa shape index (κ2) is 8.16. The first kappa shape index (κ1) is 15.2. The fourth-order valence-electron chi connectivity index (χ4n) is 2.13. The van der Waals surface area contributed by atoms with Crippen LogP contribution in [0.3, 0.4) is 0 Å². The molecule has 2 rings (SSSR count). The fourth-order valence-corrected chi connectivity index (χ4v) is 2.13. The molecule has 0 bridgehead atoms. The van der Waals surface area contributed by atoms with Gasteiger partial charge in [0.15, 0.2) is 0 Å². The molecule has 3 N–H and O–H groups in total. The molecule has 0 saturated heterocycles. The Morgan fingerprint density at radius 3 is 2.81 bits per heavy atom. The van der Waals surface area contributed by atoms with Gasteiger partial charge in [0, 0.05) is 25.8 Å². The van der Waals surface area contributed by atoms with Gasteiger partial charge in [0.05, 0.1) is 12.1 Å². The van der Waals surface area contributed by atoms with Crippen LogP contribution in [0.15, 0.2) is 42.7 Å². The minimum atomic E-state index is -0.182. The van der Waals surface area contributed by atoms with Crippen molar-refractivity contribution in [1.29, 1.82) is 0 Å². The van der Waals surface area contributed by atoms with Gasteiger partial charge in [0.2, 0.25) is 5.91 Å². The van der Waals surface area contributed by atoms with Crippen molar-refractivity contribution in [1.82, 2.24) is 20.3 Å². The summed E-state index contributed by atoms with van der Waals surface area (Å²) in [4.78, 5) is 12.1. The Balaban J connectivity index is 1.72. The van der Waals surface area contributed by atoms with E-state index in [4.69, 9.17) is 5.73 Å². The normalized spacial score (nSPS) is 12.0. The SMILES string of the molecule is NCC(Cc1ccccc1)C(=O)NCCCn1ccnn1. The summed E-state index contributed by atoms with van der Waals surface area (Å²) in [6, 6.07) is 9.93. The standard InChI is InChI=1S/C15H21N5O/c16-12-14(11-13-5-2-1-3-6-13)15(21)17-7-4-9-20-10-8-18-19-20/h1-3,5-6,8,10,14H,4,7,9,11-12,16H2,(H,17,21). The summed E-state index contributed by atoms with van der Waals surface area (Å²) >= 11 is 0. The molecule has 0 spiro atoms. The second-order valence-electron chi connectivity index (χ2n) is 4.93. The van der Waals surface area contributed by atoms with E-state index in [0.717, 1.165) is 18.5 Å². The average Bonchev–Trinajstić information content (AvgIpc) is 3.03. The third kappa shape index (κ3) is 5.00. The number of carbonyl (C=O) groups excluding carboxylic acids is 1. The van der Waals surface area contributed by atoms with E-state index in [1.165, 1.54) is 0 Å². The first-order chi connectivity index (χ1) is 10.3. The lowest BCUT2D eigenvalue weighted by molar-refractivity contribution is -0.124. The number of nitrogens with one attached hydrogen (secondary N) is 1. The predicted octanol–water partition coefficient (Wildman–Crippen LogP) is 0.602. The molecule has 0 aliphatic heterocycles. The van der Waals surface area contributed by atoms with Crippen LogP contribution >= 0.6 is 0 Å². The molecular formula is C15H21N5O. The van der Waals surface area contributed by atoms with Crippen molar-refractivity contribution < 1.29 is 4.79 Å². The van der Waals surface area contributed by atoms with E-state index in [1.807, 2.05) is 30.3 Å². The molecule has 1 heterocycles. The number of benzene rings is 1. The Morgan fingerprint density at radius 2 is 2.14 bits per heavy atom.